The molecule has 0 bridgehead atoms. The van der Waals surface area contributed by atoms with Crippen LogP contribution in [0.25, 0.3) is 6.08 Å². The molecule has 0 saturated carbocycles. The summed E-state index contributed by atoms with van der Waals surface area (Å²) in [4.78, 5) is 23.0. The minimum atomic E-state index is -1.05. The van der Waals surface area contributed by atoms with E-state index in [4.69, 9.17) is 14.6 Å². The first kappa shape index (κ1) is 19.5. The maximum atomic E-state index is 11.9. The van der Waals surface area contributed by atoms with Crippen molar-refractivity contribution in [3.8, 4) is 11.5 Å². The fraction of sp³-hybridized carbons (Fsp3) is 0.444. The van der Waals surface area contributed by atoms with E-state index in [1.807, 2.05) is 13.8 Å². The van der Waals surface area contributed by atoms with E-state index in [9.17, 15) is 9.59 Å². The Kier molecular flexibility index (Phi) is 7.30. The third kappa shape index (κ3) is 5.95. The molecule has 0 aliphatic heterocycles. The van der Waals surface area contributed by atoms with Crippen LogP contribution in [-0.2, 0) is 9.59 Å². The quantitative estimate of drug-likeness (QED) is 0.714. The van der Waals surface area contributed by atoms with Crippen molar-refractivity contribution in [1.29, 1.82) is 0 Å². The highest BCUT2D eigenvalue weighted by Gasteiger charge is 2.22. The number of amides is 1. The summed E-state index contributed by atoms with van der Waals surface area (Å²) in [6, 6.07) is 4.39. The van der Waals surface area contributed by atoms with E-state index < -0.39 is 17.9 Å². The Morgan fingerprint density at radius 1 is 1.17 bits per heavy atom. The number of carboxylic acid groups (broad SMARTS) is 1. The van der Waals surface area contributed by atoms with Crippen LogP contribution in [0.3, 0.4) is 0 Å². The molecule has 0 radical (unpaired) electrons. The zero-order chi connectivity index (χ0) is 18.3. The van der Waals surface area contributed by atoms with Gasteiger partial charge in [0.05, 0.1) is 13.2 Å². The van der Waals surface area contributed by atoms with Gasteiger partial charge in [-0.2, -0.15) is 0 Å². The van der Waals surface area contributed by atoms with Crippen molar-refractivity contribution in [2.45, 2.75) is 39.8 Å². The third-order valence-electron chi connectivity index (χ3n) is 3.21. The summed E-state index contributed by atoms with van der Waals surface area (Å²) in [5, 5.41) is 11.6. The predicted molar refractivity (Wildman–Crippen MR) is 92.2 cm³/mol. The largest absolute Gasteiger partial charge is 0.493 e. The van der Waals surface area contributed by atoms with Gasteiger partial charge in [-0.25, -0.2) is 4.79 Å². The molecule has 0 aliphatic carbocycles. The Morgan fingerprint density at radius 3 is 2.33 bits per heavy atom. The highest BCUT2D eigenvalue weighted by Crippen LogP contribution is 2.29. The van der Waals surface area contributed by atoms with Crippen LogP contribution >= 0.6 is 0 Å². The standard InChI is InChI=1S/C18H25NO5/c1-11(2)17(18(21)22)19-16(20)9-7-13-6-8-14(24-12(3)4)15(10-13)23-5/h6-12,17H,1-5H3,(H,19,20)(H,21,22)/b9-7+. The molecular formula is C18H25NO5. The summed E-state index contributed by atoms with van der Waals surface area (Å²) in [7, 11) is 1.54. The average Bonchev–Trinajstić information content (AvgIpc) is 2.50. The molecule has 1 rings (SSSR count). The first-order chi connectivity index (χ1) is 11.2. The number of hydrogen-bond acceptors (Lipinski definition) is 4. The number of carboxylic acids is 1. The first-order valence-corrected chi connectivity index (χ1v) is 7.80. The smallest absolute Gasteiger partial charge is 0.326 e. The van der Waals surface area contributed by atoms with Gasteiger partial charge in [-0.1, -0.05) is 19.9 Å². The van der Waals surface area contributed by atoms with Crippen LogP contribution in [0.2, 0.25) is 0 Å². The molecule has 2 N–H and O–H groups in total. The van der Waals surface area contributed by atoms with Crippen molar-refractivity contribution in [2.75, 3.05) is 7.11 Å². The van der Waals surface area contributed by atoms with Crippen molar-refractivity contribution in [3.63, 3.8) is 0 Å². The van der Waals surface area contributed by atoms with Gasteiger partial charge >= 0.3 is 5.97 Å². The molecule has 0 heterocycles. The van der Waals surface area contributed by atoms with Crippen LogP contribution < -0.4 is 14.8 Å². The van der Waals surface area contributed by atoms with Gasteiger partial charge in [0, 0.05) is 6.08 Å². The van der Waals surface area contributed by atoms with Gasteiger partial charge in [-0.3, -0.25) is 4.79 Å². The lowest BCUT2D eigenvalue weighted by molar-refractivity contribution is -0.142. The van der Waals surface area contributed by atoms with Gasteiger partial charge in [-0.05, 0) is 43.5 Å². The number of hydrogen-bond donors (Lipinski definition) is 2. The van der Waals surface area contributed by atoms with Crippen molar-refractivity contribution in [3.05, 3.63) is 29.8 Å². The number of ether oxygens (including phenoxy) is 2. The highest BCUT2D eigenvalue weighted by molar-refractivity contribution is 5.94. The number of carbonyl (C=O) groups excluding carboxylic acids is 1. The topological polar surface area (TPSA) is 84.9 Å². The molecule has 6 heteroatoms. The summed E-state index contributed by atoms with van der Waals surface area (Å²) in [5.41, 5.74) is 0.745. The Hall–Kier alpha value is -2.50. The first-order valence-electron chi connectivity index (χ1n) is 7.80. The Balaban J connectivity index is 2.82. The number of benzene rings is 1. The van der Waals surface area contributed by atoms with E-state index in [0.717, 1.165) is 5.56 Å². The highest BCUT2D eigenvalue weighted by atomic mass is 16.5. The second-order valence-corrected chi connectivity index (χ2v) is 5.98. The van der Waals surface area contributed by atoms with Crippen molar-refractivity contribution in [1.82, 2.24) is 5.32 Å². The molecule has 0 fully saturated rings. The monoisotopic (exact) mass is 335 g/mol. The summed E-state index contributed by atoms with van der Waals surface area (Å²) in [6.45, 7) is 7.32. The van der Waals surface area contributed by atoms with Crippen LogP contribution in [0.4, 0.5) is 0 Å². The molecular weight excluding hydrogens is 310 g/mol. The molecule has 1 amide bonds. The molecule has 0 aliphatic rings. The fourth-order valence-electron chi connectivity index (χ4n) is 2.03. The Bertz CT molecular complexity index is 607. The summed E-state index contributed by atoms with van der Waals surface area (Å²) < 4.78 is 10.9. The number of methoxy groups -OCH3 is 1. The van der Waals surface area contributed by atoms with E-state index in [-0.39, 0.29) is 12.0 Å². The lowest BCUT2D eigenvalue weighted by atomic mass is 10.0. The van der Waals surface area contributed by atoms with Crippen molar-refractivity contribution >= 4 is 18.0 Å². The lowest BCUT2D eigenvalue weighted by Crippen LogP contribution is -2.43. The third-order valence-corrected chi connectivity index (χ3v) is 3.21. The molecule has 1 aromatic carbocycles. The molecule has 0 aromatic heterocycles. The van der Waals surface area contributed by atoms with Gasteiger partial charge in [0.1, 0.15) is 6.04 Å². The van der Waals surface area contributed by atoms with E-state index in [0.29, 0.717) is 11.5 Å². The van der Waals surface area contributed by atoms with Crippen molar-refractivity contribution < 1.29 is 24.2 Å². The molecule has 0 saturated heterocycles. The molecule has 6 nitrogen and oxygen atoms in total. The zero-order valence-corrected chi connectivity index (χ0v) is 14.7. The van der Waals surface area contributed by atoms with E-state index in [1.54, 1.807) is 45.2 Å². The van der Waals surface area contributed by atoms with Crippen LogP contribution in [-0.4, -0.2) is 36.2 Å². The Labute approximate surface area is 142 Å². The number of nitrogens with one attached hydrogen (secondary N) is 1. The maximum absolute atomic E-state index is 11.9. The van der Waals surface area contributed by atoms with Crippen LogP contribution in [0.1, 0.15) is 33.3 Å². The van der Waals surface area contributed by atoms with E-state index in [2.05, 4.69) is 5.32 Å². The summed E-state index contributed by atoms with van der Waals surface area (Å²) in [5.74, 6) is -0.523. The number of aliphatic carboxylic acids is 1. The lowest BCUT2D eigenvalue weighted by Gasteiger charge is -2.16. The van der Waals surface area contributed by atoms with Crippen LogP contribution in [0, 0.1) is 5.92 Å². The minimum absolute atomic E-state index is 0.0232. The van der Waals surface area contributed by atoms with Crippen LogP contribution in [0.15, 0.2) is 24.3 Å². The van der Waals surface area contributed by atoms with Gasteiger partial charge < -0.3 is 19.9 Å². The normalized spacial score (nSPS) is 12.5. The van der Waals surface area contributed by atoms with Crippen LogP contribution in [0.5, 0.6) is 11.5 Å². The second kappa shape index (κ2) is 8.96. The maximum Gasteiger partial charge on any atom is 0.326 e. The summed E-state index contributed by atoms with van der Waals surface area (Å²) in [6.07, 6.45) is 2.92. The molecule has 24 heavy (non-hydrogen) atoms. The molecule has 132 valence electrons. The van der Waals surface area contributed by atoms with Gasteiger partial charge in [0.25, 0.3) is 0 Å². The van der Waals surface area contributed by atoms with Crippen molar-refractivity contribution in [2.24, 2.45) is 5.92 Å². The minimum Gasteiger partial charge on any atom is -0.493 e. The number of carbonyl (C=O) groups is 2. The molecule has 0 spiro atoms. The molecule has 1 atom stereocenters. The SMILES string of the molecule is COc1cc(/C=C/C(=O)NC(C(=O)O)C(C)C)ccc1OC(C)C. The average molecular weight is 335 g/mol. The van der Waals surface area contributed by atoms with Gasteiger partial charge in [0.15, 0.2) is 11.5 Å². The zero-order valence-electron chi connectivity index (χ0n) is 14.7. The molecule has 1 aromatic rings. The molecule has 1 unspecified atom stereocenters. The van der Waals surface area contributed by atoms with Gasteiger partial charge in [-0.15, -0.1) is 0 Å². The van der Waals surface area contributed by atoms with E-state index in [1.165, 1.54) is 6.08 Å². The fourth-order valence-corrected chi connectivity index (χ4v) is 2.03. The number of rotatable bonds is 8. The summed E-state index contributed by atoms with van der Waals surface area (Å²) >= 11 is 0. The van der Waals surface area contributed by atoms with Gasteiger partial charge in [0.2, 0.25) is 5.91 Å². The Morgan fingerprint density at radius 2 is 1.83 bits per heavy atom. The van der Waals surface area contributed by atoms with E-state index >= 15 is 0 Å². The second-order valence-electron chi connectivity index (χ2n) is 5.98. The predicted octanol–water partition coefficient (Wildman–Crippen LogP) is 2.72.